The van der Waals surface area contributed by atoms with Gasteiger partial charge < -0.3 is 4.98 Å². The molecule has 1 aromatic rings. The molecule has 0 aromatic carbocycles. The van der Waals surface area contributed by atoms with E-state index in [1.165, 1.54) is 0 Å². The second-order valence-electron chi connectivity index (χ2n) is 2.68. The highest BCUT2D eigenvalue weighted by Gasteiger charge is 2.05. The van der Waals surface area contributed by atoms with Crippen molar-refractivity contribution in [3.63, 3.8) is 0 Å². The minimum absolute atomic E-state index is 0.120. The average molecular weight is 147 g/mol. The van der Waals surface area contributed by atoms with Gasteiger partial charge in [-0.15, -0.1) is 0 Å². The molecular formula is C9H9NO. The first-order chi connectivity index (χ1) is 5.38. The van der Waals surface area contributed by atoms with Crippen LogP contribution in [0.2, 0.25) is 0 Å². The lowest BCUT2D eigenvalue weighted by atomic mass is 10.0. The van der Waals surface area contributed by atoms with E-state index in [0.29, 0.717) is 0 Å². The van der Waals surface area contributed by atoms with Gasteiger partial charge in [-0.25, -0.2) is 0 Å². The summed E-state index contributed by atoms with van der Waals surface area (Å²) in [4.78, 5) is 14.3. The molecule has 1 aliphatic rings. The van der Waals surface area contributed by atoms with E-state index in [9.17, 15) is 4.79 Å². The first kappa shape index (κ1) is 6.40. The fraction of sp³-hybridized carbons (Fsp3) is 0.222. The molecule has 0 amide bonds. The molecule has 1 heterocycles. The van der Waals surface area contributed by atoms with Crippen molar-refractivity contribution in [1.82, 2.24) is 4.98 Å². The summed E-state index contributed by atoms with van der Waals surface area (Å²) in [6, 6.07) is 1.56. The predicted molar refractivity (Wildman–Crippen MR) is 44.4 cm³/mol. The Hall–Kier alpha value is -1.31. The number of aromatic nitrogens is 1. The molecule has 0 atom stereocenters. The summed E-state index contributed by atoms with van der Waals surface area (Å²) in [6.07, 6.45) is 7.64. The molecule has 0 aliphatic heterocycles. The molecule has 0 radical (unpaired) electrons. The first-order valence-corrected chi connectivity index (χ1v) is 3.75. The summed E-state index contributed by atoms with van der Waals surface area (Å²) in [6.45, 7) is 0. The zero-order valence-electron chi connectivity index (χ0n) is 6.13. The summed E-state index contributed by atoms with van der Waals surface area (Å²) < 4.78 is 0. The van der Waals surface area contributed by atoms with Crippen LogP contribution in [0.4, 0.5) is 0 Å². The highest BCUT2D eigenvalue weighted by Crippen LogP contribution is 2.11. The van der Waals surface area contributed by atoms with Gasteiger partial charge in [0.15, 0.2) is 5.43 Å². The molecule has 0 spiro atoms. The zero-order valence-corrected chi connectivity index (χ0v) is 6.13. The lowest BCUT2D eigenvalue weighted by Crippen LogP contribution is -2.10. The van der Waals surface area contributed by atoms with Gasteiger partial charge in [-0.3, -0.25) is 4.79 Å². The Morgan fingerprint density at radius 3 is 3.18 bits per heavy atom. The van der Waals surface area contributed by atoms with Crippen molar-refractivity contribution in [3.8, 4) is 0 Å². The Bertz CT molecular complexity index is 349. The fourth-order valence-corrected chi connectivity index (χ4v) is 1.35. The third-order valence-corrected chi connectivity index (χ3v) is 1.93. The molecule has 1 aromatic heterocycles. The minimum atomic E-state index is 0.120. The number of H-pyrrole nitrogens is 1. The number of rotatable bonds is 0. The van der Waals surface area contributed by atoms with Gasteiger partial charge in [0, 0.05) is 23.5 Å². The third-order valence-electron chi connectivity index (χ3n) is 1.93. The van der Waals surface area contributed by atoms with E-state index in [4.69, 9.17) is 0 Å². The third kappa shape index (κ3) is 1.00. The molecule has 56 valence electrons. The van der Waals surface area contributed by atoms with E-state index < -0.39 is 0 Å². The van der Waals surface area contributed by atoms with Gasteiger partial charge >= 0.3 is 0 Å². The maximum atomic E-state index is 11.2. The predicted octanol–water partition coefficient (Wildman–Crippen LogP) is 1.33. The highest BCUT2D eigenvalue weighted by molar-refractivity contribution is 5.53. The molecule has 0 fully saturated rings. The molecular weight excluding hydrogens is 138 g/mol. The topological polar surface area (TPSA) is 32.9 Å². The van der Waals surface area contributed by atoms with Crippen molar-refractivity contribution in [2.75, 3.05) is 0 Å². The van der Waals surface area contributed by atoms with E-state index in [1.807, 2.05) is 12.2 Å². The van der Waals surface area contributed by atoms with Gasteiger partial charge in [0.05, 0.1) is 0 Å². The van der Waals surface area contributed by atoms with Crippen LogP contribution in [0.5, 0.6) is 0 Å². The fourth-order valence-electron chi connectivity index (χ4n) is 1.35. The molecule has 11 heavy (non-hydrogen) atoms. The number of hydrogen-bond acceptors (Lipinski definition) is 1. The van der Waals surface area contributed by atoms with Crippen molar-refractivity contribution in [1.29, 1.82) is 0 Å². The van der Waals surface area contributed by atoms with Crippen molar-refractivity contribution in [2.24, 2.45) is 0 Å². The molecule has 1 aliphatic carbocycles. The Morgan fingerprint density at radius 1 is 1.45 bits per heavy atom. The van der Waals surface area contributed by atoms with Gasteiger partial charge in [0.1, 0.15) is 0 Å². The smallest absolute Gasteiger partial charge is 0.189 e. The standard InChI is InChI=1S/C9H9NO/c11-9-5-6-10-8-4-2-1-3-7(8)9/h1,3,5-6H,2,4H2,(H,10,11). The summed E-state index contributed by atoms with van der Waals surface area (Å²) in [5.74, 6) is 0. The van der Waals surface area contributed by atoms with Gasteiger partial charge in [-0.1, -0.05) is 12.2 Å². The van der Waals surface area contributed by atoms with Crippen LogP contribution in [-0.4, -0.2) is 4.98 Å². The lowest BCUT2D eigenvalue weighted by molar-refractivity contribution is 0.922. The molecule has 0 saturated heterocycles. The number of pyridine rings is 1. The maximum absolute atomic E-state index is 11.2. The zero-order chi connectivity index (χ0) is 7.68. The van der Waals surface area contributed by atoms with Crippen LogP contribution >= 0.6 is 0 Å². The Labute approximate surface area is 64.6 Å². The monoisotopic (exact) mass is 147 g/mol. The minimum Gasteiger partial charge on any atom is -0.364 e. The van der Waals surface area contributed by atoms with Crippen LogP contribution in [0.1, 0.15) is 17.7 Å². The highest BCUT2D eigenvalue weighted by atomic mass is 16.1. The molecule has 1 N–H and O–H groups in total. The van der Waals surface area contributed by atoms with Crippen molar-refractivity contribution in [2.45, 2.75) is 12.8 Å². The molecule has 0 unspecified atom stereocenters. The van der Waals surface area contributed by atoms with Crippen LogP contribution in [0.15, 0.2) is 23.1 Å². The number of fused-ring (bicyclic) bond motifs is 1. The van der Waals surface area contributed by atoms with Crippen LogP contribution in [0.25, 0.3) is 6.08 Å². The average Bonchev–Trinajstić information content (AvgIpc) is 2.06. The molecule has 2 rings (SSSR count). The van der Waals surface area contributed by atoms with E-state index in [2.05, 4.69) is 4.98 Å². The van der Waals surface area contributed by atoms with Gasteiger partial charge in [-0.05, 0) is 12.8 Å². The van der Waals surface area contributed by atoms with E-state index in [1.54, 1.807) is 12.3 Å². The van der Waals surface area contributed by atoms with Gasteiger partial charge in [-0.2, -0.15) is 0 Å². The van der Waals surface area contributed by atoms with Crippen LogP contribution in [0.3, 0.4) is 0 Å². The molecule has 2 nitrogen and oxygen atoms in total. The summed E-state index contributed by atoms with van der Waals surface area (Å²) in [5, 5.41) is 0. The van der Waals surface area contributed by atoms with E-state index >= 15 is 0 Å². The SMILES string of the molecule is O=c1cc[nH]c2c1C=CCC2. The van der Waals surface area contributed by atoms with E-state index in [0.717, 1.165) is 24.1 Å². The van der Waals surface area contributed by atoms with Crippen LogP contribution < -0.4 is 5.43 Å². The second-order valence-corrected chi connectivity index (χ2v) is 2.68. The molecule has 0 saturated carbocycles. The quantitative estimate of drug-likeness (QED) is 0.590. The number of hydrogen-bond donors (Lipinski definition) is 1. The number of allylic oxidation sites excluding steroid dienone is 1. The van der Waals surface area contributed by atoms with Gasteiger partial charge in [0.2, 0.25) is 0 Å². The first-order valence-electron chi connectivity index (χ1n) is 3.75. The van der Waals surface area contributed by atoms with E-state index in [-0.39, 0.29) is 5.43 Å². The second kappa shape index (κ2) is 2.38. The maximum Gasteiger partial charge on any atom is 0.189 e. The Kier molecular flexibility index (Phi) is 1.39. The van der Waals surface area contributed by atoms with Gasteiger partial charge in [0.25, 0.3) is 0 Å². The number of aryl methyl sites for hydroxylation is 1. The summed E-state index contributed by atoms with van der Waals surface area (Å²) >= 11 is 0. The summed E-state index contributed by atoms with van der Waals surface area (Å²) in [5.41, 5.74) is 2.02. The van der Waals surface area contributed by atoms with Crippen molar-refractivity contribution < 1.29 is 0 Å². The largest absolute Gasteiger partial charge is 0.364 e. The Morgan fingerprint density at radius 2 is 2.36 bits per heavy atom. The van der Waals surface area contributed by atoms with Crippen molar-refractivity contribution in [3.05, 3.63) is 39.8 Å². The molecule has 0 bridgehead atoms. The molecule has 2 heteroatoms. The van der Waals surface area contributed by atoms with Crippen molar-refractivity contribution >= 4 is 6.08 Å². The lowest BCUT2D eigenvalue weighted by Gasteiger charge is -2.07. The summed E-state index contributed by atoms with van der Waals surface area (Å²) in [7, 11) is 0. The number of nitrogens with one attached hydrogen (secondary N) is 1. The van der Waals surface area contributed by atoms with Crippen LogP contribution in [-0.2, 0) is 6.42 Å². The number of aromatic amines is 1. The Balaban J connectivity index is 2.70. The van der Waals surface area contributed by atoms with Crippen LogP contribution in [0, 0.1) is 0 Å². The normalized spacial score (nSPS) is 14.5.